The maximum absolute atomic E-state index is 12.0. The Morgan fingerprint density at radius 1 is 1.35 bits per heavy atom. The van der Waals surface area contributed by atoms with Gasteiger partial charge in [-0.1, -0.05) is 30.3 Å². The van der Waals surface area contributed by atoms with E-state index in [1.165, 1.54) is 4.90 Å². The van der Waals surface area contributed by atoms with Crippen LogP contribution in [0.3, 0.4) is 0 Å². The molecule has 4 heteroatoms. The molecule has 4 nitrogen and oxygen atoms in total. The zero-order valence-corrected chi connectivity index (χ0v) is 9.63. The summed E-state index contributed by atoms with van der Waals surface area (Å²) in [4.78, 5) is 13.4. The van der Waals surface area contributed by atoms with E-state index >= 15 is 0 Å². The number of rotatable bonds is 4. The Morgan fingerprint density at radius 3 is 2.53 bits per heavy atom. The summed E-state index contributed by atoms with van der Waals surface area (Å²) in [6.45, 7) is 0.348. The molecule has 1 aromatic rings. The second-order valence-electron chi connectivity index (χ2n) is 3.64. The SMILES string of the molecule is CN(CCC#N)C(=O)C(C#N)c1ccccc1. The van der Waals surface area contributed by atoms with Gasteiger partial charge in [0.15, 0.2) is 0 Å². The van der Waals surface area contributed by atoms with E-state index in [4.69, 9.17) is 10.5 Å². The van der Waals surface area contributed by atoms with Crippen molar-refractivity contribution >= 4 is 5.91 Å². The van der Waals surface area contributed by atoms with Crippen molar-refractivity contribution in [3.05, 3.63) is 35.9 Å². The van der Waals surface area contributed by atoms with Gasteiger partial charge in [0.2, 0.25) is 5.91 Å². The molecule has 1 amide bonds. The van der Waals surface area contributed by atoms with Gasteiger partial charge in [0.05, 0.1) is 18.6 Å². The van der Waals surface area contributed by atoms with Crippen molar-refractivity contribution in [1.82, 2.24) is 4.90 Å². The number of carbonyl (C=O) groups excluding carboxylic acids is 1. The Balaban J connectivity index is 2.80. The summed E-state index contributed by atoms with van der Waals surface area (Å²) in [6, 6.07) is 12.9. The molecule has 0 radical (unpaired) electrons. The second-order valence-corrected chi connectivity index (χ2v) is 3.64. The van der Waals surface area contributed by atoms with Crippen molar-refractivity contribution < 1.29 is 4.79 Å². The number of likely N-dealkylation sites (N-methyl/N-ethyl adjacent to an activating group) is 1. The molecule has 0 saturated carbocycles. The van der Waals surface area contributed by atoms with Crippen LogP contribution in [0.2, 0.25) is 0 Å². The Hall–Kier alpha value is -2.33. The lowest BCUT2D eigenvalue weighted by atomic mass is 9.99. The number of hydrogen-bond donors (Lipinski definition) is 0. The summed E-state index contributed by atoms with van der Waals surface area (Å²) in [5.41, 5.74) is 0.684. The van der Waals surface area contributed by atoms with Crippen LogP contribution in [0.15, 0.2) is 30.3 Å². The van der Waals surface area contributed by atoms with Gasteiger partial charge in [0.1, 0.15) is 5.92 Å². The molecular formula is C13H13N3O. The van der Waals surface area contributed by atoms with Gasteiger partial charge in [-0.3, -0.25) is 4.79 Å². The summed E-state index contributed by atoms with van der Waals surface area (Å²) in [6.07, 6.45) is 0.273. The van der Waals surface area contributed by atoms with Crippen molar-refractivity contribution in [2.75, 3.05) is 13.6 Å². The molecular weight excluding hydrogens is 214 g/mol. The van der Waals surface area contributed by atoms with Crippen molar-refractivity contribution in [2.24, 2.45) is 0 Å². The van der Waals surface area contributed by atoms with Crippen molar-refractivity contribution in [2.45, 2.75) is 12.3 Å². The number of carbonyl (C=O) groups is 1. The zero-order chi connectivity index (χ0) is 12.7. The molecule has 0 heterocycles. The van der Waals surface area contributed by atoms with Crippen molar-refractivity contribution in [3.8, 4) is 12.1 Å². The Bertz CT molecular complexity index is 456. The number of amides is 1. The highest BCUT2D eigenvalue weighted by atomic mass is 16.2. The minimum absolute atomic E-state index is 0.269. The van der Waals surface area contributed by atoms with E-state index in [0.717, 1.165) is 0 Å². The summed E-state index contributed by atoms with van der Waals surface area (Å²) in [7, 11) is 1.60. The highest BCUT2D eigenvalue weighted by Gasteiger charge is 2.22. The minimum atomic E-state index is -0.792. The molecule has 0 aliphatic carbocycles. The first-order chi connectivity index (χ1) is 8.20. The van der Waals surface area contributed by atoms with E-state index in [-0.39, 0.29) is 12.3 Å². The monoisotopic (exact) mass is 227 g/mol. The van der Waals surface area contributed by atoms with Crippen LogP contribution in [0.4, 0.5) is 0 Å². The molecule has 0 N–H and O–H groups in total. The van der Waals surface area contributed by atoms with Crippen LogP contribution in [0.25, 0.3) is 0 Å². The molecule has 0 spiro atoms. The maximum atomic E-state index is 12.0. The molecule has 0 saturated heterocycles. The van der Waals surface area contributed by atoms with Gasteiger partial charge in [-0.05, 0) is 5.56 Å². The first kappa shape index (κ1) is 12.7. The summed E-state index contributed by atoms with van der Waals surface area (Å²) >= 11 is 0. The van der Waals surface area contributed by atoms with E-state index < -0.39 is 5.92 Å². The van der Waals surface area contributed by atoms with Crippen LogP contribution in [0.1, 0.15) is 17.9 Å². The number of benzene rings is 1. The highest BCUT2D eigenvalue weighted by Crippen LogP contribution is 2.16. The van der Waals surface area contributed by atoms with Gasteiger partial charge in [0.25, 0.3) is 0 Å². The Morgan fingerprint density at radius 2 is 2.00 bits per heavy atom. The molecule has 17 heavy (non-hydrogen) atoms. The number of nitriles is 2. The minimum Gasteiger partial charge on any atom is -0.343 e. The standard InChI is InChI=1S/C13H13N3O/c1-16(9-5-8-14)13(17)12(10-15)11-6-3-2-4-7-11/h2-4,6-7,12H,5,9H2,1H3. The van der Waals surface area contributed by atoms with Crippen molar-refractivity contribution in [1.29, 1.82) is 10.5 Å². The summed E-state index contributed by atoms with van der Waals surface area (Å²) < 4.78 is 0. The first-order valence-electron chi connectivity index (χ1n) is 5.27. The molecule has 86 valence electrons. The molecule has 1 aromatic carbocycles. The average molecular weight is 227 g/mol. The quantitative estimate of drug-likeness (QED) is 0.785. The molecule has 1 unspecified atom stereocenters. The lowest BCUT2D eigenvalue weighted by molar-refractivity contribution is -0.130. The van der Waals surface area contributed by atoms with E-state index in [2.05, 4.69) is 0 Å². The number of nitrogens with zero attached hydrogens (tertiary/aromatic N) is 3. The van der Waals surface area contributed by atoms with Crippen LogP contribution in [0, 0.1) is 22.7 Å². The lowest BCUT2D eigenvalue weighted by Gasteiger charge is -2.18. The average Bonchev–Trinajstić information content (AvgIpc) is 2.38. The highest BCUT2D eigenvalue weighted by molar-refractivity contribution is 5.86. The molecule has 0 bridgehead atoms. The fraction of sp³-hybridized carbons (Fsp3) is 0.308. The molecule has 0 aliphatic rings. The van der Waals surface area contributed by atoms with Gasteiger partial charge in [-0.15, -0.1) is 0 Å². The number of hydrogen-bond acceptors (Lipinski definition) is 3. The van der Waals surface area contributed by atoms with E-state index in [1.54, 1.807) is 31.3 Å². The predicted octanol–water partition coefficient (Wildman–Crippen LogP) is 1.67. The summed E-state index contributed by atoms with van der Waals surface area (Å²) in [5, 5.41) is 17.5. The Labute approximate surface area is 101 Å². The summed E-state index contributed by atoms with van der Waals surface area (Å²) in [5.74, 6) is -1.06. The van der Waals surface area contributed by atoms with Gasteiger partial charge >= 0.3 is 0 Å². The molecule has 0 aromatic heterocycles. The van der Waals surface area contributed by atoms with E-state index in [1.807, 2.05) is 18.2 Å². The topological polar surface area (TPSA) is 67.9 Å². The van der Waals surface area contributed by atoms with Crippen LogP contribution in [0.5, 0.6) is 0 Å². The fourth-order valence-corrected chi connectivity index (χ4v) is 1.47. The molecule has 1 atom stereocenters. The lowest BCUT2D eigenvalue weighted by Crippen LogP contribution is -2.31. The first-order valence-corrected chi connectivity index (χ1v) is 5.27. The van der Waals surface area contributed by atoms with Crippen molar-refractivity contribution in [3.63, 3.8) is 0 Å². The predicted molar refractivity (Wildman–Crippen MR) is 62.7 cm³/mol. The van der Waals surface area contributed by atoms with Gasteiger partial charge < -0.3 is 4.90 Å². The van der Waals surface area contributed by atoms with Gasteiger partial charge in [-0.25, -0.2) is 0 Å². The second kappa shape index (κ2) is 6.30. The fourth-order valence-electron chi connectivity index (χ4n) is 1.47. The Kier molecular flexibility index (Phi) is 4.72. The third-order valence-electron chi connectivity index (χ3n) is 2.44. The van der Waals surface area contributed by atoms with Crippen LogP contribution in [-0.2, 0) is 4.79 Å². The van der Waals surface area contributed by atoms with Crippen LogP contribution in [-0.4, -0.2) is 24.4 Å². The third kappa shape index (κ3) is 3.32. The molecule has 0 fully saturated rings. The van der Waals surface area contributed by atoms with Crippen LogP contribution < -0.4 is 0 Å². The normalized spacial score (nSPS) is 11.0. The van der Waals surface area contributed by atoms with E-state index in [0.29, 0.717) is 12.1 Å². The molecule has 0 aliphatic heterocycles. The maximum Gasteiger partial charge on any atom is 0.244 e. The molecule has 1 rings (SSSR count). The van der Waals surface area contributed by atoms with Gasteiger partial charge in [0, 0.05) is 13.6 Å². The largest absolute Gasteiger partial charge is 0.343 e. The smallest absolute Gasteiger partial charge is 0.244 e. The van der Waals surface area contributed by atoms with Gasteiger partial charge in [-0.2, -0.15) is 10.5 Å². The van der Waals surface area contributed by atoms with E-state index in [9.17, 15) is 4.79 Å². The third-order valence-corrected chi connectivity index (χ3v) is 2.44. The van der Waals surface area contributed by atoms with Crippen LogP contribution >= 0.6 is 0 Å². The zero-order valence-electron chi connectivity index (χ0n) is 9.63.